The van der Waals surface area contributed by atoms with E-state index in [0.717, 1.165) is 31.1 Å². The Morgan fingerprint density at radius 3 is 3.00 bits per heavy atom. The maximum Gasteiger partial charge on any atom is 0.188 e. The molecule has 1 aromatic rings. The number of anilines is 1. The third kappa shape index (κ3) is 4.53. The number of hydrogen-bond acceptors (Lipinski definition) is 2. The summed E-state index contributed by atoms with van der Waals surface area (Å²) in [5.74, 6) is 1.10. The fourth-order valence-corrected chi connectivity index (χ4v) is 2.86. The molecule has 0 bridgehead atoms. The highest BCUT2D eigenvalue weighted by molar-refractivity contribution is 6.30. The van der Waals surface area contributed by atoms with Gasteiger partial charge in [-0.2, -0.15) is 0 Å². The number of nitrogens with two attached hydrogens (primary N) is 1. The molecule has 1 aliphatic heterocycles. The molecule has 1 unspecified atom stereocenters. The monoisotopic (exact) mass is 308 g/mol. The average molecular weight is 309 g/mol. The topological polar surface area (TPSA) is 53.6 Å². The van der Waals surface area contributed by atoms with E-state index >= 15 is 0 Å². The van der Waals surface area contributed by atoms with E-state index in [1.807, 2.05) is 6.07 Å². The summed E-state index contributed by atoms with van der Waals surface area (Å²) in [4.78, 5) is 6.84. The molecule has 1 fully saturated rings. The number of nitrogens with zero attached hydrogens (tertiary/aromatic N) is 2. The lowest BCUT2D eigenvalue weighted by Gasteiger charge is -2.21. The number of aliphatic imine (C=N–C) groups is 1. The molecule has 116 valence electrons. The molecule has 1 saturated heterocycles. The molecule has 1 aliphatic rings. The lowest BCUT2D eigenvalue weighted by atomic mass is 10.1. The van der Waals surface area contributed by atoms with Crippen LogP contribution in [0, 0.1) is 12.8 Å². The second-order valence-electron chi connectivity index (χ2n) is 6.06. The summed E-state index contributed by atoms with van der Waals surface area (Å²) in [6.07, 6.45) is 1.14. The molecular formula is C16H25ClN4. The van der Waals surface area contributed by atoms with Crippen LogP contribution in [-0.4, -0.2) is 31.6 Å². The van der Waals surface area contributed by atoms with Gasteiger partial charge in [0.2, 0.25) is 0 Å². The Labute approximate surface area is 132 Å². The summed E-state index contributed by atoms with van der Waals surface area (Å²) < 4.78 is 0. The summed E-state index contributed by atoms with van der Waals surface area (Å²) >= 11 is 6.11. The molecule has 0 spiro atoms. The minimum atomic E-state index is 0.322. The van der Waals surface area contributed by atoms with Crippen molar-refractivity contribution in [2.75, 3.05) is 24.5 Å². The molecule has 5 heteroatoms. The molecule has 2 rings (SSSR count). The number of guanidine groups is 1. The molecule has 0 aromatic heterocycles. The quantitative estimate of drug-likeness (QED) is 0.664. The van der Waals surface area contributed by atoms with E-state index in [4.69, 9.17) is 17.3 Å². The van der Waals surface area contributed by atoms with Crippen molar-refractivity contribution in [3.63, 3.8) is 0 Å². The smallest absolute Gasteiger partial charge is 0.188 e. The van der Waals surface area contributed by atoms with Crippen molar-refractivity contribution in [1.82, 2.24) is 5.32 Å². The van der Waals surface area contributed by atoms with Gasteiger partial charge in [0.25, 0.3) is 0 Å². The van der Waals surface area contributed by atoms with Gasteiger partial charge in [-0.1, -0.05) is 17.7 Å². The molecule has 0 radical (unpaired) electrons. The Hall–Kier alpha value is -1.42. The summed E-state index contributed by atoms with van der Waals surface area (Å²) in [7, 11) is 0. The lowest BCUT2D eigenvalue weighted by molar-refractivity contribution is 0.599. The summed E-state index contributed by atoms with van der Waals surface area (Å²) in [5, 5.41) is 3.92. The molecule has 1 aromatic carbocycles. The number of halogens is 1. The maximum atomic E-state index is 6.11. The number of hydrogen-bond donors (Lipinski definition) is 2. The molecule has 4 nitrogen and oxygen atoms in total. The second-order valence-corrected chi connectivity index (χ2v) is 6.49. The van der Waals surface area contributed by atoms with Gasteiger partial charge in [-0.15, -0.1) is 0 Å². The fourth-order valence-electron chi connectivity index (χ4n) is 2.69. The number of rotatable bonds is 4. The van der Waals surface area contributed by atoms with E-state index < -0.39 is 0 Å². The maximum absolute atomic E-state index is 6.11. The summed E-state index contributed by atoms with van der Waals surface area (Å²) in [5.41, 5.74) is 8.36. The number of nitrogens with one attached hydrogen (secondary N) is 1. The Kier molecular flexibility index (Phi) is 5.34. The predicted molar refractivity (Wildman–Crippen MR) is 91.3 cm³/mol. The van der Waals surface area contributed by atoms with Crippen LogP contribution in [0.3, 0.4) is 0 Å². The van der Waals surface area contributed by atoms with Gasteiger partial charge in [-0.05, 0) is 50.8 Å². The first-order valence-electron chi connectivity index (χ1n) is 7.53. The zero-order chi connectivity index (χ0) is 15.4. The Balaban J connectivity index is 1.93. The highest BCUT2D eigenvalue weighted by Gasteiger charge is 2.23. The number of aryl methyl sites for hydroxylation is 1. The molecule has 21 heavy (non-hydrogen) atoms. The van der Waals surface area contributed by atoms with E-state index in [2.05, 4.69) is 48.1 Å². The molecule has 1 atom stereocenters. The van der Waals surface area contributed by atoms with E-state index in [1.165, 1.54) is 11.3 Å². The predicted octanol–water partition coefficient (Wildman–Crippen LogP) is 2.79. The van der Waals surface area contributed by atoms with Crippen molar-refractivity contribution < 1.29 is 0 Å². The normalized spacial score (nSPS) is 19.4. The molecule has 1 heterocycles. The third-order valence-electron chi connectivity index (χ3n) is 3.75. The van der Waals surface area contributed by atoms with Crippen LogP contribution in [0.5, 0.6) is 0 Å². The molecule has 0 aliphatic carbocycles. The van der Waals surface area contributed by atoms with Crippen LogP contribution < -0.4 is 16.0 Å². The third-order valence-corrected chi connectivity index (χ3v) is 3.99. The minimum Gasteiger partial charge on any atom is -0.371 e. The largest absolute Gasteiger partial charge is 0.371 e. The average Bonchev–Trinajstić information content (AvgIpc) is 2.87. The van der Waals surface area contributed by atoms with Gasteiger partial charge in [0, 0.05) is 36.4 Å². The van der Waals surface area contributed by atoms with E-state index in [1.54, 1.807) is 0 Å². The molecule has 0 amide bonds. The lowest BCUT2D eigenvalue weighted by Crippen LogP contribution is -2.37. The summed E-state index contributed by atoms with van der Waals surface area (Å²) in [6, 6.07) is 6.39. The van der Waals surface area contributed by atoms with Crippen molar-refractivity contribution in [2.24, 2.45) is 16.6 Å². The van der Waals surface area contributed by atoms with Gasteiger partial charge in [0.05, 0.1) is 0 Å². The molecular weight excluding hydrogens is 284 g/mol. The Bertz CT molecular complexity index is 513. The highest BCUT2D eigenvalue weighted by Crippen LogP contribution is 2.29. The van der Waals surface area contributed by atoms with Gasteiger partial charge < -0.3 is 16.0 Å². The van der Waals surface area contributed by atoms with Crippen LogP contribution in [0.15, 0.2) is 23.2 Å². The van der Waals surface area contributed by atoms with Crippen molar-refractivity contribution in [3.8, 4) is 0 Å². The van der Waals surface area contributed by atoms with Crippen LogP contribution in [0.25, 0.3) is 0 Å². The standard InChI is InChI=1S/C16H25ClN4/c1-11(2)20-16(18)19-9-13-6-7-21(10-13)15-8-14(17)5-4-12(15)3/h4-5,8,11,13H,6-7,9-10H2,1-3H3,(H3,18,19,20). The van der Waals surface area contributed by atoms with Crippen LogP contribution in [0.4, 0.5) is 5.69 Å². The number of benzene rings is 1. The Morgan fingerprint density at radius 2 is 2.29 bits per heavy atom. The molecule has 0 saturated carbocycles. The van der Waals surface area contributed by atoms with Gasteiger partial charge in [0.15, 0.2) is 5.96 Å². The molecule has 3 N–H and O–H groups in total. The highest BCUT2D eigenvalue weighted by atomic mass is 35.5. The van der Waals surface area contributed by atoms with E-state index in [0.29, 0.717) is 17.9 Å². The van der Waals surface area contributed by atoms with Crippen LogP contribution >= 0.6 is 11.6 Å². The van der Waals surface area contributed by atoms with E-state index in [-0.39, 0.29) is 0 Å². The first-order chi connectivity index (χ1) is 9.95. The minimum absolute atomic E-state index is 0.322. The van der Waals surface area contributed by atoms with E-state index in [9.17, 15) is 0 Å². The van der Waals surface area contributed by atoms with Crippen LogP contribution in [0.2, 0.25) is 5.02 Å². The zero-order valence-corrected chi connectivity index (χ0v) is 13.8. The first-order valence-corrected chi connectivity index (χ1v) is 7.91. The van der Waals surface area contributed by atoms with Gasteiger partial charge >= 0.3 is 0 Å². The van der Waals surface area contributed by atoms with Gasteiger partial charge in [-0.25, -0.2) is 0 Å². The summed E-state index contributed by atoms with van der Waals surface area (Å²) in [6.45, 7) is 9.09. The van der Waals surface area contributed by atoms with Crippen molar-refractivity contribution in [2.45, 2.75) is 33.2 Å². The first kappa shape index (κ1) is 16.0. The van der Waals surface area contributed by atoms with Crippen molar-refractivity contribution >= 4 is 23.2 Å². The SMILES string of the molecule is Cc1ccc(Cl)cc1N1CCC(CN=C(N)NC(C)C)C1. The van der Waals surface area contributed by atoms with Crippen molar-refractivity contribution in [3.05, 3.63) is 28.8 Å². The fraction of sp³-hybridized carbons (Fsp3) is 0.562. The zero-order valence-electron chi connectivity index (χ0n) is 13.1. The second kappa shape index (κ2) is 7.03. The van der Waals surface area contributed by atoms with Crippen LogP contribution in [-0.2, 0) is 0 Å². The van der Waals surface area contributed by atoms with Gasteiger partial charge in [0.1, 0.15) is 0 Å². The van der Waals surface area contributed by atoms with Gasteiger partial charge in [-0.3, -0.25) is 4.99 Å². The Morgan fingerprint density at radius 1 is 1.52 bits per heavy atom. The van der Waals surface area contributed by atoms with Crippen molar-refractivity contribution in [1.29, 1.82) is 0 Å². The van der Waals surface area contributed by atoms with Crippen LogP contribution in [0.1, 0.15) is 25.8 Å².